The molecule has 50 heavy (non-hydrogen) atoms. The zero-order valence-electron chi connectivity index (χ0n) is 26.3. The molecule has 5 amide bonds. The number of alkyl carbamates (subject to hydrolysis) is 1. The van der Waals surface area contributed by atoms with E-state index >= 15 is 0 Å². The fraction of sp³-hybridized carbons (Fsp3) is 0.556. The normalized spacial score (nSPS) is 17.7. The van der Waals surface area contributed by atoms with Crippen LogP contribution in [0.3, 0.4) is 0 Å². The predicted octanol–water partition coefficient (Wildman–Crippen LogP) is -0.0545. The molecule has 0 fully saturated rings. The van der Waals surface area contributed by atoms with Crippen LogP contribution in [0.5, 0.6) is 5.75 Å². The minimum Gasteiger partial charge on any atom is -0.486 e. The van der Waals surface area contributed by atoms with Crippen LogP contribution in [0.15, 0.2) is 18.2 Å². The van der Waals surface area contributed by atoms with Crippen LogP contribution in [0.1, 0.15) is 26.7 Å². The molecule has 8 N–H and O–H groups in total. The number of nitrogens with one attached hydrogen (secondary N) is 4. The van der Waals surface area contributed by atoms with Crippen molar-refractivity contribution in [2.24, 2.45) is 5.73 Å². The number of halogens is 7. The topological polar surface area (TPSA) is 239 Å². The van der Waals surface area contributed by atoms with Crippen LogP contribution in [0.2, 0.25) is 0 Å². The van der Waals surface area contributed by atoms with Crippen molar-refractivity contribution in [3.05, 3.63) is 24.0 Å². The largest absolute Gasteiger partial charge is 0.486 e. The summed E-state index contributed by atoms with van der Waals surface area (Å²) in [5, 5.41) is 26.8. The quantitative estimate of drug-likeness (QED) is 0.0712. The number of hydrogen-bond acceptors (Lipinski definition) is 10. The molecular formula is C27H35ClF6N6O10. The van der Waals surface area contributed by atoms with Crippen LogP contribution in [-0.4, -0.2) is 115 Å². The van der Waals surface area contributed by atoms with Gasteiger partial charge in [-0.1, -0.05) is 0 Å². The highest BCUT2D eigenvalue weighted by molar-refractivity contribution is 6.10. The number of carbonyl (C=O) groups excluding carboxylic acids is 5. The number of amides is 5. The van der Waals surface area contributed by atoms with Crippen LogP contribution in [-0.2, 0) is 28.7 Å². The molecule has 1 aliphatic heterocycles. The summed E-state index contributed by atoms with van der Waals surface area (Å²) in [5.41, 5.74) is 2.09. The number of benzene rings is 1. The Bertz CT molecular complexity index is 1420. The molecule has 0 saturated carbocycles. The number of carbonyl (C=O) groups is 6. The lowest BCUT2D eigenvalue weighted by Gasteiger charge is -2.29. The Labute approximate surface area is 285 Å². The van der Waals surface area contributed by atoms with E-state index < -0.39 is 97.1 Å². The molecule has 0 aromatic heterocycles. The first-order valence-corrected chi connectivity index (χ1v) is 14.3. The average Bonchev–Trinajstić information content (AvgIpc) is 3.09. The number of alkyl halides is 5. The average molecular weight is 753 g/mol. The summed E-state index contributed by atoms with van der Waals surface area (Å²) in [6.07, 6.45) is -8.83. The van der Waals surface area contributed by atoms with Gasteiger partial charge in [0.2, 0.25) is 11.5 Å². The molecule has 0 saturated heterocycles. The van der Waals surface area contributed by atoms with Crippen molar-refractivity contribution in [3.63, 3.8) is 0 Å². The van der Waals surface area contributed by atoms with E-state index in [1.54, 1.807) is 0 Å². The molecule has 0 spiro atoms. The van der Waals surface area contributed by atoms with Crippen LogP contribution in [0, 0.1) is 5.82 Å². The number of ether oxygens (including phenoxy) is 2. The lowest BCUT2D eigenvalue weighted by Crippen LogP contribution is -2.63. The van der Waals surface area contributed by atoms with Crippen LogP contribution >= 0.6 is 12.4 Å². The van der Waals surface area contributed by atoms with Gasteiger partial charge in [-0.3, -0.25) is 24.0 Å². The van der Waals surface area contributed by atoms with E-state index in [2.05, 4.69) is 10.6 Å². The Kier molecular flexibility index (Phi) is 15.6. The Morgan fingerprint density at radius 1 is 1.06 bits per heavy atom. The van der Waals surface area contributed by atoms with Crippen molar-refractivity contribution < 1.29 is 74.8 Å². The van der Waals surface area contributed by atoms with Crippen LogP contribution < -0.4 is 36.6 Å². The lowest BCUT2D eigenvalue weighted by atomic mass is 10.0. The van der Waals surface area contributed by atoms with Crippen molar-refractivity contribution in [2.45, 2.75) is 62.6 Å². The molecule has 282 valence electrons. The van der Waals surface area contributed by atoms with Gasteiger partial charge < -0.3 is 51.6 Å². The number of rotatable bonds is 15. The van der Waals surface area contributed by atoms with E-state index in [1.165, 1.54) is 6.92 Å². The number of aliphatic hydroxyl groups is 1. The number of hydrogen-bond donors (Lipinski definition) is 7. The summed E-state index contributed by atoms with van der Waals surface area (Å²) in [5.74, 6) is -12.8. The number of carboxylic acids is 1. The molecule has 0 bridgehead atoms. The van der Waals surface area contributed by atoms with Gasteiger partial charge in [-0.2, -0.15) is 22.0 Å². The summed E-state index contributed by atoms with van der Waals surface area (Å²) < 4.78 is 88.7. The highest BCUT2D eigenvalue weighted by Crippen LogP contribution is 2.35. The smallest absolute Gasteiger partial charge is 0.455 e. The lowest BCUT2D eigenvalue weighted by molar-refractivity contribution is -0.278. The van der Waals surface area contributed by atoms with Gasteiger partial charge in [0.05, 0.1) is 24.8 Å². The molecule has 2 rings (SSSR count). The van der Waals surface area contributed by atoms with E-state index in [0.717, 1.165) is 28.4 Å². The summed E-state index contributed by atoms with van der Waals surface area (Å²) >= 11 is 0. The highest BCUT2D eigenvalue weighted by Gasteiger charge is 2.58. The third-order valence-electron chi connectivity index (χ3n) is 6.83. The van der Waals surface area contributed by atoms with Gasteiger partial charge in [-0.15, -0.1) is 12.4 Å². The molecular weight excluding hydrogens is 718 g/mol. The number of aliphatic carboxylic acids is 1. The molecule has 0 radical (unpaired) electrons. The fourth-order valence-corrected chi connectivity index (χ4v) is 3.99. The Hall–Kier alpha value is -4.57. The van der Waals surface area contributed by atoms with Gasteiger partial charge in [-0.25, -0.2) is 9.18 Å². The minimum absolute atomic E-state index is 0. The standard InChI is InChI=1S/C27H34F6N6O10.ClH/c1-13-19(38-23(45)25(2,47)22(44)37-12-26(29,30)27(31,32)33)21(43)39(16-11-14(28)3-5-17(16)49-13)9-10-48-24(46)36-8-7-35-20(42)15(34)4-6-18(40)41;/h3,5,11,13,15,19,47H,4,6-10,12,34H2,1-2H3,(H,35,42)(H,36,46)(H,37,44)(H,38,45)(H,40,41);1H/t13-,15?,19+,25?;/m1./s1. The van der Waals surface area contributed by atoms with E-state index in [1.807, 2.05) is 5.32 Å². The van der Waals surface area contributed by atoms with Gasteiger partial charge in [0.15, 0.2) is 0 Å². The molecule has 1 aromatic rings. The highest BCUT2D eigenvalue weighted by atomic mass is 35.5. The molecule has 1 aliphatic rings. The molecule has 16 nitrogen and oxygen atoms in total. The second kappa shape index (κ2) is 17.9. The van der Waals surface area contributed by atoms with Gasteiger partial charge >= 0.3 is 24.2 Å². The first-order chi connectivity index (χ1) is 22.6. The fourth-order valence-electron chi connectivity index (χ4n) is 3.99. The maximum absolute atomic E-state index is 14.2. The first-order valence-electron chi connectivity index (χ1n) is 14.3. The monoisotopic (exact) mass is 752 g/mol. The van der Waals surface area contributed by atoms with E-state index in [-0.39, 0.29) is 49.8 Å². The molecule has 2 unspecified atom stereocenters. The van der Waals surface area contributed by atoms with Crippen LogP contribution in [0.25, 0.3) is 0 Å². The molecule has 0 aliphatic carbocycles. The minimum atomic E-state index is -6.05. The number of nitrogens with zero attached hydrogens (tertiary/aromatic N) is 1. The second-order valence-electron chi connectivity index (χ2n) is 10.7. The van der Waals surface area contributed by atoms with Gasteiger partial charge in [-0.05, 0) is 32.4 Å². The van der Waals surface area contributed by atoms with Gasteiger partial charge in [0, 0.05) is 25.6 Å². The third-order valence-corrected chi connectivity index (χ3v) is 6.83. The van der Waals surface area contributed by atoms with Crippen molar-refractivity contribution in [3.8, 4) is 5.75 Å². The van der Waals surface area contributed by atoms with E-state index in [9.17, 15) is 60.2 Å². The van der Waals surface area contributed by atoms with E-state index in [4.69, 9.17) is 20.3 Å². The molecule has 1 heterocycles. The van der Waals surface area contributed by atoms with Crippen molar-refractivity contribution in [2.75, 3.05) is 37.7 Å². The Morgan fingerprint density at radius 2 is 1.68 bits per heavy atom. The summed E-state index contributed by atoms with van der Waals surface area (Å²) in [6, 6.07) is 0.102. The summed E-state index contributed by atoms with van der Waals surface area (Å²) in [7, 11) is 0. The summed E-state index contributed by atoms with van der Waals surface area (Å²) in [4.78, 5) is 74.1. The molecule has 4 atom stereocenters. The number of anilines is 1. The SMILES string of the molecule is C[C@H]1Oc2ccc(F)cc2N(CCOC(=O)NCCNC(=O)C(N)CCC(=O)O)C(=O)[C@H]1NC(=O)C(C)(O)C(=O)NCC(F)(F)C(F)(F)F.Cl. The van der Waals surface area contributed by atoms with E-state index in [0.29, 0.717) is 6.92 Å². The molecule has 1 aromatic carbocycles. The predicted molar refractivity (Wildman–Crippen MR) is 160 cm³/mol. The maximum atomic E-state index is 14.2. The zero-order valence-corrected chi connectivity index (χ0v) is 27.1. The number of carboxylic acid groups (broad SMARTS) is 1. The maximum Gasteiger partial charge on any atom is 0.455 e. The number of nitrogens with two attached hydrogens (primary N) is 1. The molecule has 23 heteroatoms. The van der Waals surface area contributed by atoms with Crippen molar-refractivity contribution >= 4 is 53.8 Å². The van der Waals surface area contributed by atoms with Crippen molar-refractivity contribution in [1.29, 1.82) is 0 Å². The third kappa shape index (κ3) is 11.8. The first kappa shape index (κ1) is 43.5. The van der Waals surface area contributed by atoms with Gasteiger partial charge in [0.25, 0.3) is 17.7 Å². The number of fused-ring (bicyclic) bond motifs is 1. The van der Waals surface area contributed by atoms with Crippen molar-refractivity contribution in [1.82, 2.24) is 21.3 Å². The van der Waals surface area contributed by atoms with Crippen LogP contribution in [0.4, 0.5) is 36.8 Å². The zero-order chi connectivity index (χ0) is 37.3. The Morgan fingerprint density at radius 3 is 2.28 bits per heavy atom. The van der Waals surface area contributed by atoms with Gasteiger partial charge in [0.1, 0.15) is 30.3 Å². The Balaban J connectivity index is 0.0000125. The second-order valence-corrected chi connectivity index (χ2v) is 10.7. The summed E-state index contributed by atoms with van der Waals surface area (Å²) in [6.45, 7) is -1.90.